The van der Waals surface area contributed by atoms with Gasteiger partial charge in [0.05, 0.1) is 0 Å². The number of benzene rings is 1. The van der Waals surface area contributed by atoms with Gasteiger partial charge in [0, 0.05) is 11.5 Å². The first kappa shape index (κ1) is 8.55. The van der Waals surface area contributed by atoms with Crippen molar-refractivity contribution in [1.82, 2.24) is 10.2 Å². The van der Waals surface area contributed by atoms with E-state index in [1.165, 1.54) is 6.07 Å². The number of fused-ring (bicyclic) bond motifs is 1. The zero-order valence-corrected chi connectivity index (χ0v) is 8.72. The minimum Gasteiger partial charge on any atom is -0.266 e. The van der Waals surface area contributed by atoms with Crippen molar-refractivity contribution in [3.05, 3.63) is 44.4 Å². The van der Waals surface area contributed by atoms with Gasteiger partial charge in [0.2, 0.25) is 0 Å². The van der Waals surface area contributed by atoms with Crippen molar-refractivity contribution < 1.29 is 0 Å². The Morgan fingerprint density at radius 1 is 1.15 bits per heavy atom. The summed E-state index contributed by atoms with van der Waals surface area (Å²) < 4.78 is 0.746. The highest BCUT2D eigenvalue weighted by Crippen LogP contribution is 2.14. The Balaban J connectivity index is 3.03. The van der Waals surface area contributed by atoms with Crippen molar-refractivity contribution in [2.24, 2.45) is 0 Å². The third kappa shape index (κ3) is 1.67. The van der Waals surface area contributed by atoms with Crippen LogP contribution in [0.25, 0.3) is 10.8 Å². The summed E-state index contributed by atoms with van der Waals surface area (Å²) in [7, 11) is 0. The maximum Gasteiger partial charge on any atom is 0.288 e. The molecule has 0 radical (unpaired) electrons. The summed E-state index contributed by atoms with van der Waals surface area (Å²) in [5.41, 5.74) is -0.306. The van der Waals surface area contributed by atoms with E-state index in [1.54, 1.807) is 0 Å². The van der Waals surface area contributed by atoms with Gasteiger partial charge >= 0.3 is 0 Å². The molecule has 3 nitrogen and oxygen atoms in total. The van der Waals surface area contributed by atoms with Crippen LogP contribution in [0.1, 0.15) is 0 Å². The minimum atomic E-state index is -0.306. The van der Waals surface area contributed by atoms with Gasteiger partial charge in [-0.2, -0.15) is 0 Å². The molecule has 0 saturated heterocycles. The summed E-state index contributed by atoms with van der Waals surface area (Å²) in [4.78, 5) is 11.1. The average Bonchev–Trinajstić information content (AvgIpc) is 2.27. The van der Waals surface area contributed by atoms with Crippen molar-refractivity contribution in [2.45, 2.75) is 0 Å². The third-order valence-corrected chi connectivity index (χ3v) is 2.50. The Morgan fingerprint density at radius 3 is 2.77 bits per heavy atom. The van der Waals surface area contributed by atoms with E-state index >= 15 is 0 Å². The molecule has 0 N–H and O–H groups in total. The molecule has 0 aliphatic rings. The van der Waals surface area contributed by atoms with Crippen LogP contribution < -0.4 is 5.56 Å². The number of rotatable bonds is 0. The lowest BCUT2D eigenvalue weighted by atomic mass is 10.2. The lowest BCUT2D eigenvalue weighted by Crippen LogP contribution is -2.00. The van der Waals surface area contributed by atoms with Crippen LogP contribution in [0.2, 0.25) is 0 Å². The van der Waals surface area contributed by atoms with Gasteiger partial charge in [0.15, 0.2) is 0 Å². The summed E-state index contributed by atoms with van der Waals surface area (Å²) in [5, 5.41) is 9.13. The second-order valence-corrected chi connectivity index (χ2v) is 3.58. The van der Waals surface area contributed by atoms with Crippen molar-refractivity contribution in [1.29, 1.82) is 0 Å². The van der Waals surface area contributed by atoms with Crippen LogP contribution in [0.5, 0.6) is 0 Å². The Morgan fingerprint density at radius 2 is 1.92 bits per heavy atom. The Kier molecular flexibility index (Phi) is 2.22. The highest BCUT2D eigenvalue weighted by atomic mass is 127. The van der Waals surface area contributed by atoms with E-state index in [4.69, 9.17) is 0 Å². The summed E-state index contributed by atoms with van der Waals surface area (Å²) in [6.45, 7) is 0. The number of nitrogens with zero attached hydrogens (tertiary/aromatic N) is 2. The minimum absolute atomic E-state index is 0.306. The molecule has 1 aromatic heterocycles. The lowest BCUT2D eigenvalue weighted by molar-refractivity contribution is 0.996. The zero-order valence-electron chi connectivity index (χ0n) is 6.57. The maximum atomic E-state index is 11.1. The Hall–Kier alpha value is -1.04. The zero-order chi connectivity index (χ0) is 9.26. The first-order valence-corrected chi connectivity index (χ1v) is 4.77. The molecule has 64 valence electrons. The van der Waals surface area contributed by atoms with E-state index in [1.807, 2.05) is 24.3 Å². The fourth-order valence-corrected chi connectivity index (χ4v) is 1.72. The molecule has 0 saturated carbocycles. The summed E-state index contributed by atoms with van der Waals surface area (Å²) in [6, 6.07) is 9.09. The van der Waals surface area contributed by atoms with E-state index in [2.05, 4.69) is 32.8 Å². The average molecular weight is 284 g/mol. The molecule has 13 heavy (non-hydrogen) atoms. The van der Waals surface area contributed by atoms with Crippen molar-refractivity contribution in [2.75, 3.05) is 0 Å². The molecule has 2 aromatic rings. The van der Waals surface area contributed by atoms with Crippen LogP contribution in [0.15, 0.2) is 35.1 Å². The highest BCUT2D eigenvalue weighted by molar-refractivity contribution is 14.1. The normalized spacial score (nSPS) is 10.2. The molecule has 1 aromatic carbocycles. The third-order valence-electron chi connectivity index (χ3n) is 1.70. The van der Waals surface area contributed by atoms with Gasteiger partial charge in [-0.05, 0) is 28.0 Å². The fourth-order valence-electron chi connectivity index (χ4n) is 1.12. The van der Waals surface area contributed by atoms with Crippen LogP contribution in [-0.4, -0.2) is 10.2 Å². The van der Waals surface area contributed by atoms with Gasteiger partial charge < -0.3 is 0 Å². The monoisotopic (exact) mass is 284 g/mol. The van der Waals surface area contributed by atoms with Crippen molar-refractivity contribution in [3.63, 3.8) is 0 Å². The van der Waals surface area contributed by atoms with Gasteiger partial charge in [0.1, 0.15) is 3.70 Å². The SMILES string of the molecule is O=c1cc2ccccc2c(I)nn1. The van der Waals surface area contributed by atoms with Crippen molar-refractivity contribution in [3.8, 4) is 0 Å². The second-order valence-electron chi connectivity index (χ2n) is 2.56. The van der Waals surface area contributed by atoms with E-state index < -0.39 is 0 Å². The molecular weight excluding hydrogens is 279 g/mol. The number of hydrogen-bond donors (Lipinski definition) is 0. The van der Waals surface area contributed by atoms with E-state index in [-0.39, 0.29) is 5.56 Å². The molecule has 0 aliphatic heterocycles. The molecule has 0 unspecified atom stereocenters. The predicted octanol–water partition coefficient (Wildman–Crippen LogP) is 1.59. The predicted molar refractivity (Wildman–Crippen MR) is 58.5 cm³/mol. The van der Waals surface area contributed by atoms with Crippen LogP contribution in [-0.2, 0) is 0 Å². The Labute approximate surface area is 88.0 Å². The van der Waals surface area contributed by atoms with Gasteiger partial charge in [-0.1, -0.05) is 24.3 Å². The molecule has 0 aliphatic carbocycles. The molecule has 0 bridgehead atoms. The molecular formula is C9H5IN2O. The molecule has 0 atom stereocenters. The fraction of sp³-hybridized carbons (Fsp3) is 0. The summed E-state index contributed by atoms with van der Waals surface area (Å²) in [5.74, 6) is 0. The second kappa shape index (κ2) is 3.37. The van der Waals surface area contributed by atoms with Crippen LogP contribution in [0, 0.1) is 3.70 Å². The van der Waals surface area contributed by atoms with Crippen molar-refractivity contribution >= 4 is 33.4 Å². The van der Waals surface area contributed by atoms with Crippen LogP contribution in [0.4, 0.5) is 0 Å². The van der Waals surface area contributed by atoms with Gasteiger partial charge in [-0.3, -0.25) is 4.79 Å². The van der Waals surface area contributed by atoms with Crippen LogP contribution >= 0.6 is 22.6 Å². The van der Waals surface area contributed by atoms with Gasteiger partial charge in [-0.25, -0.2) is 0 Å². The van der Waals surface area contributed by atoms with Gasteiger partial charge in [-0.15, -0.1) is 10.2 Å². The maximum absolute atomic E-state index is 11.1. The lowest BCUT2D eigenvalue weighted by Gasteiger charge is -1.90. The molecule has 2 rings (SSSR count). The Bertz CT molecular complexity index is 513. The van der Waals surface area contributed by atoms with Gasteiger partial charge in [0.25, 0.3) is 5.56 Å². The number of aromatic nitrogens is 2. The largest absolute Gasteiger partial charge is 0.288 e. The summed E-state index contributed by atoms with van der Waals surface area (Å²) >= 11 is 2.07. The van der Waals surface area contributed by atoms with E-state index in [9.17, 15) is 4.79 Å². The first-order chi connectivity index (χ1) is 6.27. The molecule has 0 amide bonds. The number of hydrogen-bond acceptors (Lipinski definition) is 3. The quantitative estimate of drug-likeness (QED) is 0.690. The molecule has 0 fully saturated rings. The van der Waals surface area contributed by atoms with E-state index in [0.29, 0.717) is 0 Å². The standard InChI is InChI=1S/C9H5IN2O/c10-9-7-4-2-1-3-6(7)5-8(13)11-12-9/h1-5H. The van der Waals surface area contributed by atoms with Crippen LogP contribution in [0.3, 0.4) is 0 Å². The molecule has 0 spiro atoms. The smallest absolute Gasteiger partial charge is 0.266 e. The molecule has 1 heterocycles. The highest BCUT2D eigenvalue weighted by Gasteiger charge is 1.97. The summed E-state index contributed by atoms with van der Waals surface area (Å²) in [6.07, 6.45) is 0. The van der Waals surface area contributed by atoms with E-state index in [0.717, 1.165) is 14.5 Å². The first-order valence-electron chi connectivity index (χ1n) is 3.70. The number of halogens is 1. The molecule has 4 heteroatoms. The topological polar surface area (TPSA) is 42.9 Å².